The average molecular weight is 353 g/mol. The molecular weight excluding hydrogens is 330 g/mol. The van der Waals surface area contributed by atoms with Crippen LogP contribution in [0, 0.1) is 35.5 Å². The van der Waals surface area contributed by atoms with Gasteiger partial charge in [0.2, 0.25) is 0 Å². The molecule has 0 aromatic rings. The Morgan fingerprint density at radius 2 is 1.50 bits per heavy atom. The van der Waals surface area contributed by atoms with Crippen LogP contribution in [0.4, 0.5) is 0 Å². The van der Waals surface area contributed by atoms with Crippen molar-refractivity contribution >= 4 is 32.9 Å². The summed E-state index contributed by atoms with van der Waals surface area (Å²) < 4.78 is 0. The Morgan fingerprint density at radius 1 is 1.00 bits per heavy atom. The van der Waals surface area contributed by atoms with Crippen molar-refractivity contribution in [2.45, 2.75) is 32.1 Å². The molecule has 1 unspecified atom stereocenters. The molecule has 4 aliphatic rings. The van der Waals surface area contributed by atoms with Gasteiger partial charge in [-0.2, -0.15) is 0 Å². The molecule has 4 rings (SSSR count). The quantitative estimate of drug-likeness (QED) is 0.771. The number of rotatable bonds is 3. The van der Waals surface area contributed by atoms with Crippen LogP contribution in [0.5, 0.6) is 0 Å². The third-order valence-corrected chi connectivity index (χ3v) is 6.18. The monoisotopic (exact) mass is 351 g/mol. The molecule has 3 heteroatoms. The zero-order chi connectivity index (χ0) is 10.4. The standard InChI is InChI=1S/C13H22BrN.BrH/c14-6-12(7-15)13-10-2-8-1-9(4-10)5-11(13)3-8;/h8-13H,1-7,15H2;1H. The van der Waals surface area contributed by atoms with Gasteiger partial charge in [-0.1, -0.05) is 15.9 Å². The fraction of sp³-hybridized carbons (Fsp3) is 1.00. The normalized spacial score (nSPS) is 46.5. The zero-order valence-corrected chi connectivity index (χ0v) is 13.1. The summed E-state index contributed by atoms with van der Waals surface area (Å²) >= 11 is 3.67. The largest absolute Gasteiger partial charge is 0.330 e. The van der Waals surface area contributed by atoms with Crippen molar-refractivity contribution in [2.24, 2.45) is 41.2 Å². The van der Waals surface area contributed by atoms with Crippen LogP contribution in [-0.2, 0) is 0 Å². The van der Waals surface area contributed by atoms with Crippen LogP contribution < -0.4 is 5.73 Å². The molecule has 4 saturated carbocycles. The van der Waals surface area contributed by atoms with Crippen molar-refractivity contribution in [1.29, 1.82) is 0 Å². The molecule has 0 saturated heterocycles. The Bertz CT molecular complexity index is 212. The molecule has 0 radical (unpaired) electrons. The summed E-state index contributed by atoms with van der Waals surface area (Å²) in [7, 11) is 0. The number of halogens is 2. The SMILES string of the molecule is Br.NCC(CBr)C1C2CC3CC(C2)CC1C3. The summed E-state index contributed by atoms with van der Waals surface area (Å²) in [5.74, 6) is 5.97. The van der Waals surface area contributed by atoms with Gasteiger partial charge >= 0.3 is 0 Å². The van der Waals surface area contributed by atoms with E-state index in [1.807, 2.05) is 0 Å². The molecule has 4 bridgehead atoms. The Kier molecular flexibility index (Phi) is 4.40. The number of hydrogen-bond donors (Lipinski definition) is 1. The van der Waals surface area contributed by atoms with Crippen LogP contribution in [0.25, 0.3) is 0 Å². The summed E-state index contributed by atoms with van der Waals surface area (Å²) in [5.41, 5.74) is 5.93. The number of alkyl halides is 1. The van der Waals surface area contributed by atoms with E-state index in [9.17, 15) is 0 Å². The van der Waals surface area contributed by atoms with E-state index in [1.165, 1.54) is 25.7 Å². The van der Waals surface area contributed by atoms with Gasteiger partial charge in [-0.15, -0.1) is 17.0 Å². The van der Waals surface area contributed by atoms with Gasteiger partial charge in [0.15, 0.2) is 0 Å². The first kappa shape index (κ1) is 13.4. The Labute approximate surface area is 118 Å². The topological polar surface area (TPSA) is 26.0 Å². The smallest absolute Gasteiger partial charge is 0.00745 e. The van der Waals surface area contributed by atoms with Crippen LogP contribution >= 0.6 is 32.9 Å². The van der Waals surface area contributed by atoms with Crippen molar-refractivity contribution < 1.29 is 0 Å². The first-order valence-corrected chi connectivity index (χ1v) is 7.70. The highest BCUT2D eigenvalue weighted by Crippen LogP contribution is 2.58. The molecule has 4 aliphatic carbocycles. The molecular formula is C13H23Br2N. The second kappa shape index (κ2) is 5.27. The molecule has 0 spiro atoms. The zero-order valence-electron chi connectivity index (χ0n) is 9.78. The van der Waals surface area contributed by atoms with Gasteiger partial charge in [0.1, 0.15) is 0 Å². The summed E-state index contributed by atoms with van der Waals surface area (Å²) in [4.78, 5) is 0. The molecule has 0 amide bonds. The van der Waals surface area contributed by atoms with Crippen LogP contribution in [0.1, 0.15) is 32.1 Å². The molecule has 1 nitrogen and oxygen atoms in total. The Hall–Kier alpha value is 0.920. The average Bonchev–Trinajstić information content (AvgIpc) is 2.22. The Morgan fingerprint density at radius 3 is 1.88 bits per heavy atom. The van der Waals surface area contributed by atoms with Crippen LogP contribution in [-0.4, -0.2) is 11.9 Å². The number of hydrogen-bond acceptors (Lipinski definition) is 1. The lowest BCUT2D eigenvalue weighted by Gasteiger charge is -2.56. The van der Waals surface area contributed by atoms with E-state index < -0.39 is 0 Å². The second-order valence-electron chi connectivity index (χ2n) is 6.16. The van der Waals surface area contributed by atoms with Crippen molar-refractivity contribution in [2.75, 3.05) is 11.9 Å². The molecule has 0 aliphatic heterocycles. The van der Waals surface area contributed by atoms with Crippen molar-refractivity contribution in [3.8, 4) is 0 Å². The van der Waals surface area contributed by atoms with Gasteiger partial charge in [0.25, 0.3) is 0 Å². The van der Waals surface area contributed by atoms with Crippen molar-refractivity contribution in [3.63, 3.8) is 0 Å². The highest BCUT2D eigenvalue weighted by molar-refractivity contribution is 9.09. The van der Waals surface area contributed by atoms with E-state index in [0.717, 1.165) is 47.4 Å². The van der Waals surface area contributed by atoms with E-state index in [2.05, 4.69) is 15.9 Å². The molecule has 0 aromatic heterocycles. The van der Waals surface area contributed by atoms with Crippen molar-refractivity contribution in [1.82, 2.24) is 0 Å². The molecule has 1 atom stereocenters. The maximum atomic E-state index is 5.93. The minimum Gasteiger partial charge on any atom is -0.330 e. The minimum absolute atomic E-state index is 0. The predicted molar refractivity (Wildman–Crippen MR) is 77.2 cm³/mol. The maximum Gasteiger partial charge on any atom is 0.00745 e. The van der Waals surface area contributed by atoms with Crippen LogP contribution in [0.2, 0.25) is 0 Å². The summed E-state index contributed by atoms with van der Waals surface area (Å²) in [6, 6.07) is 0. The minimum atomic E-state index is 0. The van der Waals surface area contributed by atoms with Gasteiger partial charge in [-0.25, -0.2) is 0 Å². The fourth-order valence-corrected chi connectivity index (χ4v) is 5.76. The highest BCUT2D eigenvalue weighted by Gasteiger charge is 2.49. The van der Waals surface area contributed by atoms with Gasteiger partial charge in [-0.05, 0) is 74.2 Å². The van der Waals surface area contributed by atoms with Gasteiger partial charge in [0, 0.05) is 5.33 Å². The molecule has 16 heavy (non-hydrogen) atoms. The van der Waals surface area contributed by atoms with Gasteiger partial charge < -0.3 is 5.73 Å². The summed E-state index contributed by atoms with van der Waals surface area (Å²) in [6.45, 7) is 0.887. The first-order valence-electron chi connectivity index (χ1n) is 6.57. The predicted octanol–water partition coefficient (Wildman–Crippen LogP) is 3.61. The fourth-order valence-electron chi connectivity index (χ4n) is 5.06. The Balaban J connectivity index is 0.000000963. The molecule has 2 N–H and O–H groups in total. The highest BCUT2D eigenvalue weighted by atomic mass is 79.9. The van der Waals surface area contributed by atoms with Gasteiger partial charge in [0.05, 0.1) is 0 Å². The van der Waals surface area contributed by atoms with E-state index >= 15 is 0 Å². The maximum absolute atomic E-state index is 5.93. The first-order chi connectivity index (χ1) is 7.31. The summed E-state index contributed by atoms with van der Waals surface area (Å²) in [5, 5.41) is 1.12. The summed E-state index contributed by atoms with van der Waals surface area (Å²) in [6.07, 6.45) is 7.67. The molecule has 94 valence electrons. The molecule has 0 heterocycles. The molecule has 0 aromatic carbocycles. The number of nitrogens with two attached hydrogens (primary N) is 1. The van der Waals surface area contributed by atoms with E-state index in [4.69, 9.17) is 5.73 Å². The lowest BCUT2D eigenvalue weighted by molar-refractivity contribution is -0.0557. The van der Waals surface area contributed by atoms with Gasteiger partial charge in [-0.3, -0.25) is 0 Å². The third kappa shape index (κ3) is 2.12. The molecule has 4 fully saturated rings. The van der Waals surface area contributed by atoms with E-state index in [0.29, 0.717) is 0 Å². The van der Waals surface area contributed by atoms with E-state index in [1.54, 1.807) is 6.42 Å². The lowest BCUT2D eigenvalue weighted by atomic mass is 9.50. The van der Waals surface area contributed by atoms with Crippen LogP contribution in [0.15, 0.2) is 0 Å². The van der Waals surface area contributed by atoms with E-state index in [-0.39, 0.29) is 17.0 Å². The third-order valence-electron chi connectivity index (χ3n) is 5.34. The second-order valence-corrected chi connectivity index (χ2v) is 6.81. The van der Waals surface area contributed by atoms with Crippen LogP contribution in [0.3, 0.4) is 0 Å². The lowest BCUT2D eigenvalue weighted by Crippen LogP contribution is -2.49. The van der Waals surface area contributed by atoms with Crippen molar-refractivity contribution in [3.05, 3.63) is 0 Å².